The first kappa shape index (κ1) is 19.6. The van der Waals surface area contributed by atoms with Crippen LogP contribution in [0.25, 0.3) is 5.69 Å². The Bertz CT molecular complexity index is 1050. The van der Waals surface area contributed by atoms with E-state index in [0.29, 0.717) is 30.0 Å². The lowest BCUT2D eigenvalue weighted by molar-refractivity contribution is -0.151. The number of anilines is 1. The number of carbonyl (C=O) groups is 2. The van der Waals surface area contributed by atoms with Gasteiger partial charge in [-0.15, -0.1) is 0 Å². The lowest BCUT2D eigenvalue weighted by Gasteiger charge is -2.34. The molecule has 1 aromatic carbocycles. The lowest BCUT2D eigenvalue weighted by Crippen LogP contribution is -2.51. The highest BCUT2D eigenvalue weighted by Crippen LogP contribution is 2.33. The Morgan fingerprint density at radius 1 is 1.10 bits per heavy atom. The maximum atomic E-state index is 12.7. The third-order valence-corrected chi connectivity index (χ3v) is 6.36. The molecule has 1 saturated heterocycles. The molecule has 29 heavy (non-hydrogen) atoms. The topological polar surface area (TPSA) is 111 Å². The molecule has 0 aliphatic carbocycles. The van der Waals surface area contributed by atoms with Gasteiger partial charge in [-0.25, -0.2) is 13.1 Å². The van der Waals surface area contributed by atoms with Crippen LogP contribution in [0.15, 0.2) is 30.3 Å². The molecule has 10 heteroatoms. The highest BCUT2D eigenvalue weighted by molar-refractivity contribution is 7.90. The highest BCUT2D eigenvalue weighted by Gasteiger charge is 2.35. The number of hydrogen-bond donors (Lipinski definition) is 1. The molecule has 2 aliphatic heterocycles. The van der Waals surface area contributed by atoms with Gasteiger partial charge in [0, 0.05) is 18.7 Å². The van der Waals surface area contributed by atoms with Crippen molar-refractivity contribution >= 4 is 27.5 Å². The quantitative estimate of drug-likeness (QED) is 0.725. The summed E-state index contributed by atoms with van der Waals surface area (Å²) >= 11 is 0. The van der Waals surface area contributed by atoms with Gasteiger partial charge in [0.25, 0.3) is 0 Å². The molecular weight excluding hydrogens is 396 g/mol. The average molecular weight is 418 g/mol. The van der Waals surface area contributed by atoms with Crippen LogP contribution in [0.4, 0.5) is 5.82 Å². The number of para-hydroxylation sites is 1. The van der Waals surface area contributed by atoms with Crippen LogP contribution in [0.3, 0.4) is 0 Å². The molecule has 3 heterocycles. The molecule has 1 fully saturated rings. The van der Waals surface area contributed by atoms with Gasteiger partial charge in [-0.05, 0) is 26.0 Å². The zero-order valence-corrected chi connectivity index (χ0v) is 17.0. The van der Waals surface area contributed by atoms with Gasteiger partial charge in [0.1, 0.15) is 5.82 Å². The molecule has 0 spiro atoms. The number of nitrogens with one attached hydrogen (secondary N) is 1. The molecule has 4 rings (SSSR count). The predicted molar refractivity (Wildman–Crippen MR) is 105 cm³/mol. The van der Waals surface area contributed by atoms with E-state index in [1.165, 1.54) is 9.58 Å². The average Bonchev–Trinajstić information content (AvgIpc) is 3.13. The summed E-state index contributed by atoms with van der Waals surface area (Å²) in [6.45, 7) is 4.33. The van der Waals surface area contributed by atoms with Crippen LogP contribution >= 0.6 is 0 Å². The summed E-state index contributed by atoms with van der Waals surface area (Å²) in [6.07, 6.45) is -0.334. The Labute approximate surface area is 168 Å². The van der Waals surface area contributed by atoms with E-state index >= 15 is 0 Å². The fourth-order valence-corrected chi connectivity index (χ4v) is 5.27. The van der Waals surface area contributed by atoms with Gasteiger partial charge in [-0.2, -0.15) is 5.10 Å². The Kier molecular flexibility index (Phi) is 4.91. The number of aromatic nitrogens is 2. The summed E-state index contributed by atoms with van der Waals surface area (Å²) in [6, 6.07) is 9.05. The van der Waals surface area contributed by atoms with Crippen LogP contribution in [-0.4, -0.2) is 60.2 Å². The molecule has 2 atom stereocenters. The van der Waals surface area contributed by atoms with Crippen LogP contribution < -0.4 is 5.32 Å². The summed E-state index contributed by atoms with van der Waals surface area (Å²) in [4.78, 5) is 26.9. The van der Waals surface area contributed by atoms with Crippen molar-refractivity contribution in [1.29, 1.82) is 0 Å². The maximum absolute atomic E-state index is 12.7. The van der Waals surface area contributed by atoms with E-state index in [2.05, 4.69) is 10.4 Å². The van der Waals surface area contributed by atoms with Gasteiger partial charge in [-0.1, -0.05) is 18.2 Å². The molecule has 1 N–H and O–H groups in total. The van der Waals surface area contributed by atoms with Crippen LogP contribution in [-0.2, 0) is 35.7 Å². The number of benzene rings is 1. The minimum Gasteiger partial charge on any atom is -0.372 e. The normalized spacial score (nSPS) is 22.9. The summed E-state index contributed by atoms with van der Waals surface area (Å²) < 4.78 is 31.2. The number of morpholine rings is 1. The van der Waals surface area contributed by atoms with Gasteiger partial charge in [0.15, 0.2) is 9.84 Å². The Hall–Kier alpha value is -2.72. The van der Waals surface area contributed by atoms with E-state index in [9.17, 15) is 18.0 Å². The van der Waals surface area contributed by atoms with Crippen molar-refractivity contribution in [1.82, 2.24) is 14.7 Å². The monoisotopic (exact) mass is 418 g/mol. The number of carbonyl (C=O) groups excluding carboxylic acids is 2. The predicted octanol–water partition coefficient (Wildman–Crippen LogP) is 0.875. The van der Waals surface area contributed by atoms with E-state index in [-0.39, 0.29) is 29.5 Å². The third kappa shape index (κ3) is 3.90. The second-order valence-corrected chi connectivity index (χ2v) is 9.54. The molecule has 0 radical (unpaired) electrons. The number of hydrogen-bond acceptors (Lipinski definition) is 6. The molecule has 2 amide bonds. The lowest BCUT2D eigenvalue weighted by atomic mass is 10.2. The Balaban J connectivity index is 1.64. The fraction of sp³-hybridized carbons (Fsp3) is 0.421. The molecule has 154 valence electrons. The van der Waals surface area contributed by atoms with Crippen molar-refractivity contribution in [3.8, 4) is 5.69 Å². The first-order chi connectivity index (χ1) is 13.7. The second kappa shape index (κ2) is 7.27. The summed E-state index contributed by atoms with van der Waals surface area (Å²) in [5, 5.41) is 7.00. The van der Waals surface area contributed by atoms with Gasteiger partial charge in [0.2, 0.25) is 0 Å². The van der Waals surface area contributed by atoms with Crippen molar-refractivity contribution in [2.24, 2.45) is 0 Å². The Morgan fingerprint density at radius 3 is 2.41 bits per heavy atom. The van der Waals surface area contributed by atoms with Crippen LogP contribution in [0.2, 0.25) is 0 Å². The van der Waals surface area contributed by atoms with Gasteiger partial charge >= 0.3 is 11.8 Å². The molecule has 2 aromatic rings. The first-order valence-corrected chi connectivity index (χ1v) is 11.2. The van der Waals surface area contributed by atoms with Crippen molar-refractivity contribution in [2.45, 2.75) is 37.6 Å². The van der Waals surface area contributed by atoms with E-state index in [1.807, 2.05) is 32.0 Å². The number of sulfone groups is 1. The third-order valence-electron chi connectivity index (χ3n) is 4.92. The molecule has 0 bridgehead atoms. The largest absolute Gasteiger partial charge is 0.372 e. The summed E-state index contributed by atoms with van der Waals surface area (Å²) in [7, 11) is -3.31. The summed E-state index contributed by atoms with van der Waals surface area (Å²) in [5.41, 5.74) is 1.49. The number of fused-ring (bicyclic) bond motifs is 1. The van der Waals surface area contributed by atoms with Gasteiger partial charge < -0.3 is 15.0 Å². The highest BCUT2D eigenvalue weighted by atomic mass is 32.2. The van der Waals surface area contributed by atoms with Gasteiger partial charge in [0.05, 0.1) is 35.1 Å². The second-order valence-electron chi connectivity index (χ2n) is 7.48. The van der Waals surface area contributed by atoms with Gasteiger partial charge in [-0.3, -0.25) is 9.59 Å². The maximum Gasteiger partial charge on any atom is 0.315 e. The zero-order chi connectivity index (χ0) is 20.8. The van der Waals surface area contributed by atoms with E-state index < -0.39 is 21.7 Å². The van der Waals surface area contributed by atoms with Crippen LogP contribution in [0.5, 0.6) is 0 Å². The van der Waals surface area contributed by atoms with E-state index in [1.54, 1.807) is 12.1 Å². The van der Waals surface area contributed by atoms with Crippen molar-refractivity contribution in [2.75, 3.05) is 18.4 Å². The minimum atomic E-state index is -3.31. The molecular formula is C19H22N4O5S. The number of amides is 2. The molecule has 1 aromatic heterocycles. The van der Waals surface area contributed by atoms with Crippen LogP contribution in [0.1, 0.15) is 25.1 Å². The van der Waals surface area contributed by atoms with Crippen LogP contribution in [0, 0.1) is 0 Å². The SMILES string of the molecule is CC1CN(C(=O)C(=O)Nc2c3c(nn2-c2ccccc2)CS(=O)(=O)C3)CC(C)O1. The smallest absolute Gasteiger partial charge is 0.315 e. The molecule has 0 saturated carbocycles. The Morgan fingerprint density at radius 2 is 1.76 bits per heavy atom. The van der Waals surface area contributed by atoms with Crippen molar-refractivity contribution < 1.29 is 22.7 Å². The van der Waals surface area contributed by atoms with Crippen molar-refractivity contribution in [3.05, 3.63) is 41.6 Å². The molecule has 2 aliphatic rings. The molecule has 9 nitrogen and oxygen atoms in total. The standard InChI is InChI=1S/C19H22N4O5S/c1-12-8-22(9-13(2)28-12)19(25)18(24)20-17-15-10-29(26,27)11-16(15)21-23(17)14-6-4-3-5-7-14/h3-7,12-13H,8-11H2,1-2H3,(H,20,24). The van der Waals surface area contributed by atoms with Crippen molar-refractivity contribution in [3.63, 3.8) is 0 Å². The zero-order valence-electron chi connectivity index (χ0n) is 16.2. The fourth-order valence-electron chi connectivity index (χ4n) is 3.78. The summed E-state index contributed by atoms with van der Waals surface area (Å²) in [5.74, 6) is -1.68. The first-order valence-electron chi connectivity index (χ1n) is 9.36. The number of nitrogens with zero attached hydrogens (tertiary/aromatic N) is 3. The molecule has 2 unspecified atom stereocenters. The minimum absolute atomic E-state index is 0.167. The van der Waals surface area contributed by atoms with E-state index in [4.69, 9.17) is 4.74 Å². The van der Waals surface area contributed by atoms with E-state index in [0.717, 1.165) is 0 Å². The number of ether oxygens (including phenoxy) is 1. The number of rotatable bonds is 2.